The summed E-state index contributed by atoms with van der Waals surface area (Å²) >= 11 is 0. The van der Waals surface area contributed by atoms with Crippen molar-refractivity contribution in [2.45, 2.75) is 38.3 Å². The highest BCUT2D eigenvalue weighted by Crippen LogP contribution is 2.44. The molecule has 7 heteroatoms. The minimum Gasteiger partial charge on any atom is -0.480 e. The minimum atomic E-state index is -1.12. The van der Waals surface area contributed by atoms with Crippen LogP contribution in [-0.4, -0.2) is 53.2 Å². The van der Waals surface area contributed by atoms with E-state index in [2.05, 4.69) is 24.0 Å². The highest BCUT2D eigenvalue weighted by molar-refractivity contribution is 5.88. The van der Waals surface area contributed by atoms with E-state index in [0.717, 1.165) is 22.3 Å². The quantitative estimate of drug-likeness (QED) is 0.583. The minimum absolute atomic E-state index is 0.0964. The predicted octanol–water partition coefficient (Wildman–Crippen LogP) is 3.79. The maximum Gasteiger partial charge on any atom is 0.407 e. The summed E-state index contributed by atoms with van der Waals surface area (Å²) in [7, 11) is 0. The van der Waals surface area contributed by atoms with Gasteiger partial charge in [0.1, 0.15) is 19.2 Å². The number of ether oxygens (including phenoxy) is 1. The summed E-state index contributed by atoms with van der Waals surface area (Å²) in [6.07, 6.45) is 0.934. The van der Waals surface area contributed by atoms with Crippen LogP contribution in [0, 0.1) is 0 Å². The summed E-state index contributed by atoms with van der Waals surface area (Å²) in [4.78, 5) is 37.8. The van der Waals surface area contributed by atoms with Crippen molar-refractivity contribution in [1.29, 1.82) is 0 Å². The molecule has 0 aromatic heterocycles. The van der Waals surface area contributed by atoms with Crippen LogP contribution in [-0.2, 0) is 14.3 Å². The lowest BCUT2D eigenvalue weighted by Gasteiger charge is -2.29. The highest BCUT2D eigenvalue weighted by atomic mass is 16.5. The summed E-state index contributed by atoms with van der Waals surface area (Å²) < 4.78 is 5.52. The second kappa shape index (κ2) is 10.1. The van der Waals surface area contributed by atoms with Crippen molar-refractivity contribution in [3.8, 4) is 11.1 Å². The van der Waals surface area contributed by atoms with E-state index in [4.69, 9.17) is 9.84 Å². The molecule has 0 fully saturated rings. The van der Waals surface area contributed by atoms with Crippen LogP contribution in [0.1, 0.15) is 37.3 Å². The maximum absolute atomic E-state index is 12.9. The molecule has 0 bridgehead atoms. The van der Waals surface area contributed by atoms with Crippen LogP contribution in [0.15, 0.2) is 61.2 Å². The third-order valence-electron chi connectivity index (χ3n) is 5.55. The topological polar surface area (TPSA) is 95.9 Å². The molecule has 168 valence electrons. The maximum atomic E-state index is 12.9. The van der Waals surface area contributed by atoms with E-state index in [1.165, 1.54) is 11.0 Å². The van der Waals surface area contributed by atoms with Crippen LogP contribution in [0.3, 0.4) is 0 Å². The van der Waals surface area contributed by atoms with Gasteiger partial charge in [0.05, 0.1) is 0 Å². The number of carboxylic acids is 1. The van der Waals surface area contributed by atoms with Crippen molar-refractivity contribution in [1.82, 2.24) is 10.2 Å². The lowest BCUT2D eigenvalue weighted by Crippen LogP contribution is -2.52. The SMILES string of the molecule is C=CCC(NC(=O)OCC1c2ccccc2-c2ccccc21)C(=O)N(CC(=O)O)C(C)C. The molecule has 0 radical (unpaired) electrons. The highest BCUT2D eigenvalue weighted by Gasteiger charge is 2.31. The van der Waals surface area contributed by atoms with E-state index in [1.54, 1.807) is 13.8 Å². The van der Waals surface area contributed by atoms with E-state index in [-0.39, 0.29) is 25.0 Å². The van der Waals surface area contributed by atoms with Gasteiger partial charge in [0.2, 0.25) is 5.91 Å². The third kappa shape index (κ3) is 4.99. The number of nitrogens with zero attached hydrogens (tertiary/aromatic N) is 1. The van der Waals surface area contributed by atoms with Crippen LogP contribution >= 0.6 is 0 Å². The number of amides is 2. The molecule has 1 aliphatic rings. The Hall–Kier alpha value is -3.61. The van der Waals surface area contributed by atoms with Gasteiger partial charge in [-0.15, -0.1) is 6.58 Å². The number of hydrogen-bond donors (Lipinski definition) is 2. The summed E-state index contributed by atoms with van der Waals surface area (Å²) in [5, 5.41) is 11.7. The number of carboxylic acid groups (broad SMARTS) is 1. The molecule has 0 aliphatic heterocycles. The summed E-state index contributed by atoms with van der Waals surface area (Å²) in [5.74, 6) is -1.71. The molecular formula is C25H28N2O5. The van der Waals surface area contributed by atoms with Gasteiger partial charge in [-0.3, -0.25) is 9.59 Å². The fraction of sp³-hybridized carbons (Fsp3) is 0.320. The Labute approximate surface area is 187 Å². The molecule has 0 heterocycles. The average Bonchev–Trinajstić information content (AvgIpc) is 3.09. The Balaban J connectivity index is 1.69. The molecule has 0 spiro atoms. The fourth-order valence-corrected chi connectivity index (χ4v) is 4.03. The van der Waals surface area contributed by atoms with Crippen LogP contribution in [0.2, 0.25) is 0 Å². The van der Waals surface area contributed by atoms with Gasteiger partial charge >= 0.3 is 12.1 Å². The molecule has 1 atom stereocenters. The van der Waals surface area contributed by atoms with Gasteiger partial charge in [0, 0.05) is 12.0 Å². The molecule has 3 rings (SSSR count). The van der Waals surface area contributed by atoms with Crippen molar-refractivity contribution in [2.24, 2.45) is 0 Å². The predicted molar refractivity (Wildman–Crippen MR) is 121 cm³/mol. The summed E-state index contributed by atoms with van der Waals surface area (Å²) in [6, 6.07) is 14.7. The molecule has 2 aromatic carbocycles. The lowest BCUT2D eigenvalue weighted by molar-refractivity contribution is -0.146. The summed E-state index contributed by atoms with van der Waals surface area (Å²) in [6.45, 7) is 6.75. The second-order valence-corrected chi connectivity index (χ2v) is 8.00. The number of carbonyl (C=O) groups excluding carboxylic acids is 2. The van der Waals surface area contributed by atoms with Gasteiger partial charge in [0.25, 0.3) is 0 Å². The van der Waals surface area contributed by atoms with E-state index >= 15 is 0 Å². The number of benzene rings is 2. The third-order valence-corrected chi connectivity index (χ3v) is 5.55. The number of nitrogens with one attached hydrogen (secondary N) is 1. The molecule has 2 aromatic rings. The summed E-state index contributed by atoms with van der Waals surface area (Å²) in [5.41, 5.74) is 4.43. The zero-order chi connectivity index (χ0) is 23.3. The average molecular weight is 437 g/mol. The van der Waals surface area contributed by atoms with Crippen molar-refractivity contribution in [2.75, 3.05) is 13.2 Å². The van der Waals surface area contributed by atoms with Gasteiger partial charge < -0.3 is 20.1 Å². The molecular weight excluding hydrogens is 408 g/mol. The van der Waals surface area contributed by atoms with Crippen LogP contribution in [0.25, 0.3) is 11.1 Å². The molecule has 0 saturated carbocycles. The Morgan fingerprint density at radius 1 is 1.09 bits per heavy atom. The smallest absolute Gasteiger partial charge is 0.407 e. The van der Waals surface area contributed by atoms with Gasteiger partial charge in [-0.1, -0.05) is 54.6 Å². The Morgan fingerprint density at radius 3 is 2.16 bits per heavy atom. The molecule has 32 heavy (non-hydrogen) atoms. The van der Waals surface area contributed by atoms with Crippen molar-refractivity contribution >= 4 is 18.0 Å². The standard InChI is InChI=1S/C25H28N2O5/c1-4-9-22(24(30)27(16(2)3)14-23(28)29)26-25(31)32-15-21-19-12-7-5-10-17(19)18-11-6-8-13-20(18)21/h4-8,10-13,16,21-22H,1,9,14-15H2,2-3H3,(H,26,31)(H,28,29). The van der Waals surface area contributed by atoms with Gasteiger partial charge in [-0.2, -0.15) is 0 Å². The van der Waals surface area contributed by atoms with E-state index in [1.807, 2.05) is 36.4 Å². The molecule has 2 amide bonds. The lowest BCUT2D eigenvalue weighted by atomic mass is 9.98. The van der Waals surface area contributed by atoms with Crippen LogP contribution < -0.4 is 5.32 Å². The molecule has 1 aliphatic carbocycles. The first-order valence-corrected chi connectivity index (χ1v) is 10.6. The van der Waals surface area contributed by atoms with Crippen molar-refractivity contribution in [3.05, 3.63) is 72.3 Å². The second-order valence-electron chi connectivity index (χ2n) is 8.00. The van der Waals surface area contributed by atoms with Gasteiger partial charge in [-0.25, -0.2) is 4.79 Å². The van der Waals surface area contributed by atoms with Crippen LogP contribution in [0.5, 0.6) is 0 Å². The number of hydrogen-bond acceptors (Lipinski definition) is 4. The number of carbonyl (C=O) groups is 3. The molecule has 2 N–H and O–H groups in total. The molecule has 7 nitrogen and oxygen atoms in total. The first-order chi connectivity index (χ1) is 15.3. The normalized spacial score (nSPS) is 13.1. The van der Waals surface area contributed by atoms with E-state index in [0.29, 0.717) is 0 Å². The largest absolute Gasteiger partial charge is 0.480 e. The van der Waals surface area contributed by atoms with E-state index < -0.39 is 30.6 Å². The Morgan fingerprint density at radius 2 is 1.66 bits per heavy atom. The first kappa shape index (κ1) is 23.1. The van der Waals surface area contributed by atoms with Crippen molar-refractivity contribution < 1.29 is 24.2 Å². The number of rotatable bonds is 9. The van der Waals surface area contributed by atoms with Crippen LogP contribution in [0.4, 0.5) is 4.79 Å². The molecule has 0 saturated heterocycles. The Kier molecular flexibility index (Phi) is 7.30. The Bertz CT molecular complexity index is 971. The molecule has 1 unspecified atom stereocenters. The fourth-order valence-electron chi connectivity index (χ4n) is 4.03. The van der Waals surface area contributed by atoms with Gasteiger partial charge in [0.15, 0.2) is 0 Å². The van der Waals surface area contributed by atoms with Crippen molar-refractivity contribution in [3.63, 3.8) is 0 Å². The number of alkyl carbamates (subject to hydrolysis) is 1. The zero-order valence-electron chi connectivity index (χ0n) is 18.3. The number of aliphatic carboxylic acids is 1. The number of fused-ring (bicyclic) bond motifs is 3. The zero-order valence-corrected chi connectivity index (χ0v) is 18.3. The van der Waals surface area contributed by atoms with Gasteiger partial charge in [-0.05, 0) is 42.5 Å². The van der Waals surface area contributed by atoms with E-state index in [9.17, 15) is 14.4 Å². The monoisotopic (exact) mass is 436 g/mol. The first-order valence-electron chi connectivity index (χ1n) is 10.6.